The van der Waals surface area contributed by atoms with Crippen LogP contribution in [0.4, 0.5) is 0 Å². The molecule has 1 unspecified atom stereocenters. The van der Waals surface area contributed by atoms with Crippen molar-refractivity contribution >= 4 is 10.8 Å². The summed E-state index contributed by atoms with van der Waals surface area (Å²) >= 11 is 0. The van der Waals surface area contributed by atoms with E-state index in [-0.39, 0.29) is 6.29 Å². The van der Waals surface area contributed by atoms with E-state index in [4.69, 9.17) is 9.47 Å². The van der Waals surface area contributed by atoms with Gasteiger partial charge in [-0.2, -0.15) is 0 Å². The highest BCUT2D eigenvalue weighted by Gasteiger charge is 2.12. The minimum atomic E-state index is -0.824. The van der Waals surface area contributed by atoms with Crippen molar-refractivity contribution in [2.75, 3.05) is 24.7 Å². The fourth-order valence-electron chi connectivity index (χ4n) is 1.12. The lowest BCUT2D eigenvalue weighted by Crippen LogP contribution is -2.25. The van der Waals surface area contributed by atoms with Crippen LogP contribution >= 0.6 is 0 Å². The van der Waals surface area contributed by atoms with Gasteiger partial charge in [-0.25, -0.2) is 0 Å². The van der Waals surface area contributed by atoms with Gasteiger partial charge in [-0.15, -0.1) is 0 Å². The number of hydrogen-bond donors (Lipinski definition) is 0. The molecule has 0 amide bonds. The molecule has 0 rings (SSSR count). The maximum absolute atomic E-state index is 11.7. The summed E-state index contributed by atoms with van der Waals surface area (Å²) in [6.07, 6.45) is 0.699. The molecule has 0 fully saturated rings. The molecule has 0 saturated heterocycles. The molecular weight excluding hydrogens is 212 g/mol. The van der Waals surface area contributed by atoms with Crippen LogP contribution in [0.5, 0.6) is 0 Å². The van der Waals surface area contributed by atoms with Crippen molar-refractivity contribution in [1.82, 2.24) is 0 Å². The number of ether oxygens (including phenoxy) is 2. The van der Waals surface area contributed by atoms with E-state index in [0.717, 1.165) is 12.2 Å². The van der Waals surface area contributed by atoms with Crippen molar-refractivity contribution in [3.63, 3.8) is 0 Å². The molecule has 0 radical (unpaired) electrons. The first kappa shape index (κ1) is 15.1. The predicted molar refractivity (Wildman–Crippen MR) is 64.4 cm³/mol. The number of hydrogen-bond acceptors (Lipinski definition) is 3. The molecule has 1 atom stereocenters. The van der Waals surface area contributed by atoms with Crippen molar-refractivity contribution in [2.45, 2.75) is 40.4 Å². The summed E-state index contributed by atoms with van der Waals surface area (Å²) < 4.78 is 22.3. The summed E-state index contributed by atoms with van der Waals surface area (Å²) in [5, 5.41) is 0. The van der Waals surface area contributed by atoms with Crippen LogP contribution in [0.1, 0.15) is 34.1 Å². The zero-order valence-corrected chi connectivity index (χ0v) is 11.1. The van der Waals surface area contributed by atoms with E-state index in [1.165, 1.54) is 0 Å². The maximum atomic E-state index is 11.7. The van der Waals surface area contributed by atoms with E-state index < -0.39 is 10.8 Å². The number of rotatable bonds is 9. The molecule has 4 heteroatoms. The topological polar surface area (TPSA) is 35.5 Å². The second kappa shape index (κ2) is 9.31. The third-order valence-electron chi connectivity index (χ3n) is 1.95. The smallest absolute Gasteiger partial charge is 0.168 e. The van der Waals surface area contributed by atoms with Crippen molar-refractivity contribution in [3.05, 3.63) is 0 Å². The third-order valence-corrected chi connectivity index (χ3v) is 3.28. The molecular formula is C11H24O3S. The van der Waals surface area contributed by atoms with Crippen LogP contribution in [-0.2, 0) is 20.3 Å². The minimum Gasteiger partial charge on any atom is -0.352 e. The van der Waals surface area contributed by atoms with Gasteiger partial charge in [0, 0.05) is 29.8 Å². The van der Waals surface area contributed by atoms with Crippen LogP contribution in [0.3, 0.4) is 0 Å². The molecule has 0 heterocycles. The molecule has 0 aromatic rings. The zero-order chi connectivity index (χ0) is 11.7. The van der Waals surface area contributed by atoms with Gasteiger partial charge < -0.3 is 9.47 Å². The molecule has 0 aromatic heterocycles. The van der Waals surface area contributed by atoms with Gasteiger partial charge in [0.05, 0.1) is 5.75 Å². The summed E-state index contributed by atoms with van der Waals surface area (Å²) in [6, 6.07) is 0. The Balaban J connectivity index is 3.77. The van der Waals surface area contributed by atoms with E-state index in [1.54, 1.807) is 0 Å². The van der Waals surface area contributed by atoms with Crippen molar-refractivity contribution < 1.29 is 13.7 Å². The van der Waals surface area contributed by atoms with Crippen molar-refractivity contribution in [1.29, 1.82) is 0 Å². The highest BCUT2D eigenvalue weighted by molar-refractivity contribution is 7.85. The van der Waals surface area contributed by atoms with Crippen molar-refractivity contribution in [2.24, 2.45) is 5.92 Å². The second-order valence-corrected chi connectivity index (χ2v) is 5.45. The summed E-state index contributed by atoms with van der Waals surface area (Å²) in [6.45, 7) is 9.32. The van der Waals surface area contributed by atoms with Gasteiger partial charge in [0.15, 0.2) is 6.29 Å². The Kier molecular flexibility index (Phi) is 9.35. The SMILES string of the molecule is CCOC(CS(=O)CCC(C)C)OCC. The van der Waals surface area contributed by atoms with Crippen LogP contribution < -0.4 is 0 Å². The average molecular weight is 236 g/mol. The van der Waals surface area contributed by atoms with Crippen molar-refractivity contribution in [3.8, 4) is 0 Å². The highest BCUT2D eigenvalue weighted by Crippen LogP contribution is 2.04. The minimum absolute atomic E-state index is 0.298. The molecule has 0 aliphatic carbocycles. The molecule has 0 aromatic carbocycles. The summed E-state index contributed by atoms with van der Waals surface area (Å²) in [7, 11) is -0.824. The zero-order valence-electron chi connectivity index (χ0n) is 10.3. The molecule has 15 heavy (non-hydrogen) atoms. The molecule has 0 aliphatic heterocycles. The van der Waals surface area contributed by atoms with E-state index in [2.05, 4.69) is 13.8 Å². The van der Waals surface area contributed by atoms with Crippen LogP contribution in [0.15, 0.2) is 0 Å². The Morgan fingerprint density at radius 1 is 1.13 bits per heavy atom. The van der Waals surface area contributed by atoms with E-state index in [9.17, 15) is 4.21 Å². The van der Waals surface area contributed by atoms with Gasteiger partial charge in [0.2, 0.25) is 0 Å². The molecule has 0 bridgehead atoms. The van der Waals surface area contributed by atoms with Gasteiger partial charge in [-0.3, -0.25) is 4.21 Å². The van der Waals surface area contributed by atoms with Gasteiger partial charge in [0.25, 0.3) is 0 Å². The molecule has 0 spiro atoms. The lowest BCUT2D eigenvalue weighted by Gasteiger charge is -2.16. The third kappa shape index (κ3) is 9.03. The molecule has 0 N–H and O–H groups in total. The fraction of sp³-hybridized carbons (Fsp3) is 1.00. The normalized spacial score (nSPS) is 13.7. The first-order valence-electron chi connectivity index (χ1n) is 5.68. The van der Waals surface area contributed by atoms with E-state index >= 15 is 0 Å². The molecule has 0 aliphatic rings. The Bertz CT molecular complexity index is 165. The Morgan fingerprint density at radius 2 is 1.67 bits per heavy atom. The monoisotopic (exact) mass is 236 g/mol. The summed E-state index contributed by atoms with van der Waals surface area (Å²) in [5.74, 6) is 1.84. The van der Waals surface area contributed by atoms with Crippen LogP contribution in [0, 0.1) is 5.92 Å². The van der Waals surface area contributed by atoms with Gasteiger partial charge >= 0.3 is 0 Å². The lowest BCUT2D eigenvalue weighted by atomic mass is 10.2. The standard InChI is InChI=1S/C11H24O3S/c1-5-13-11(14-6-2)9-15(12)8-7-10(3)4/h10-11H,5-9H2,1-4H3. The molecule has 0 saturated carbocycles. The summed E-state index contributed by atoms with van der Waals surface area (Å²) in [4.78, 5) is 0. The van der Waals surface area contributed by atoms with Gasteiger partial charge in [-0.05, 0) is 26.2 Å². The first-order chi connectivity index (χ1) is 7.10. The first-order valence-corrected chi connectivity index (χ1v) is 7.17. The Labute approximate surface area is 96.0 Å². The van der Waals surface area contributed by atoms with Gasteiger partial charge in [-0.1, -0.05) is 13.8 Å². The summed E-state index contributed by atoms with van der Waals surface area (Å²) in [5.41, 5.74) is 0. The van der Waals surface area contributed by atoms with E-state index in [0.29, 0.717) is 24.9 Å². The molecule has 92 valence electrons. The van der Waals surface area contributed by atoms with Crippen LogP contribution in [0.2, 0.25) is 0 Å². The fourth-order valence-corrected chi connectivity index (χ4v) is 2.52. The second-order valence-electron chi connectivity index (χ2n) is 3.83. The van der Waals surface area contributed by atoms with E-state index in [1.807, 2.05) is 13.8 Å². The predicted octanol–water partition coefficient (Wildman–Crippen LogP) is 2.18. The lowest BCUT2D eigenvalue weighted by molar-refractivity contribution is -0.120. The van der Waals surface area contributed by atoms with Crippen LogP contribution in [0.25, 0.3) is 0 Å². The average Bonchev–Trinajstić information content (AvgIpc) is 2.15. The largest absolute Gasteiger partial charge is 0.352 e. The molecule has 3 nitrogen and oxygen atoms in total. The highest BCUT2D eigenvalue weighted by atomic mass is 32.2. The maximum Gasteiger partial charge on any atom is 0.168 e. The quantitative estimate of drug-likeness (QED) is 0.576. The Morgan fingerprint density at radius 3 is 2.07 bits per heavy atom. The van der Waals surface area contributed by atoms with Gasteiger partial charge in [0.1, 0.15) is 0 Å². The Hall–Kier alpha value is 0.0700. The van der Waals surface area contributed by atoms with Crippen LogP contribution in [-0.4, -0.2) is 35.2 Å².